The van der Waals surface area contributed by atoms with Crippen LogP contribution in [0.4, 0.5) is 10.5 Å². The first kappa shape index (κ1) is 19.0. The zero-order valence-electron chi connectivity index (χ0n) is 14.5. The number of benzene rings is 2. The van der Waals surface area contributed by atoms with Crippen LogP contribution in [0.2, 0.25) is 0 Å². The summed E-state index contributed by atoms with van der Waals surface area (Å²) in [5.74, 6) is 1.50. The molecular weight excluding hydrogens is 340 g/mol. The summed E-state index contributed by atoms with van der Waals surface area (Å²) in [6.07, 6.45) is -0.730. The Morgan fingerprint density at radius 3 is 2.50 bits per heavy atom. The number of nitrogens with zero attached hydrogens (tertiary/aromatic N) is 1. The van der Waals surface area contributed by atoms with E-state index >= 15 is 0 Å². The number of non-ortho nitro benzene ring substituents is 1. The second kappa shape index (κ2) is 9.26. The van der Waals surface area contributed by atoms with Crippen molar-refractivity contribution in [2.24, 2.45) is 0 Å². The Balaban J connectivity index is 1.88. The highest BCUT2D eigenvalue weighted by molar-refractivity contribution is 5.67. The van der Waals surface area contributed by atoms with Gasteiger partial charge in [0, 0.05) is 6.07 Å². The summed E-state index contributed by atoms with van der Waals surface area (Å²) in [5, 5.41) is 13.4. The predicted octanol–water partition coefficient (Wildman–Crippen LogP) is 3.90. The second-order valence-corrected chi connectivity index (χ2v) is 5.36. The molecule has 1 N–H and O–H groups in total. The largest absolute Gasteiger partial charge is 0.489 e. The van der Waals surface area contributed by atoms with E-state index in [0.29, 0.717) is 30.4 Å². The first-order valence-corrected chi connectivity index (χ1v) is 8.07. The number of nitro groups is 1. The summed E-state index contributed by atoms with van der Waals surface area (Å²) in [6, 6.07) is 12.8. The molecule has 2 aromatic carbocycles. The normalized spacial score (nSPS) is 11.3. The Hall–Kier alpha value is -3.29. The average molecular weight is 360 g/mol. The minimum atomic E-state index is -0.483. The standard InChI is InChI=1S/C18H20N2O6/c1-3-24-18(21)19-12-13(2)25-15-7-9-16(10-8-15)26-17-6-4-5-14(11-17)20(22)23/h4-11,13H,3,12H2,1-2H3,(H,19,21). The van der Waals surface area contributed by atoms with E-state index in [2.05, 4.69) is 5.32 Å². The number of nitro benzene ring substituents is 1. The highest BCUT2D eigenvalue weighted by Crippen LogP contribution is 2.26. The summed E-state index contributed by atoms with van der Waals surface area (Å²) in [7, 11) is 0. The van der Waals surface area contributed by atoms with Crippen molar-refractivity contribution in [3.8, 4) is 17.2 Å². The lowest BCUT2D eigenvalue weighted by molar-refractivity contribution is -0.384. The third-order valence-corrected chi connectivity index (χ3v) is 3.23. The molecule has 0 fully saturated rings. The van der Waals surface area contributed by atoms with Crippen LogP contribution in [0.25, 0.3) is 0 Å². The number of amides is 1. The molecule has 8 nitrogen and oxygen atoms in total. The van der Waals surface area contributed by atoms with E-state index in [-0.39, 0.29) is 11.8 Å². The van der Waals surface area contributed by atoms with E-state index in [1.54, 1.807) is 43.3 Å². The molecule has 2 rings (SSSR count). The van der Waals surface area contributed by atoms with Crippen molar-refractivity contribution in [3.63, 3.8) is 0 Å². The molecule has 26 heavy (non-hydrogen) atoms. The fourth-order valence-electron chi connectivity index (χ4n) is 2.07. The van der Waals surface area contributed by atoms with Crippen LogP contribution in [0, 0.1) is 10.1 Å². The smallest absolute Gasteiger partial charge is 0.407 e. The molecule has 1 atom stereocenters. The molecule has 0 radical (unpaired) electrons. The zero-order valence-corrected chi connectivity index (χ0v) is 14.5. The lowest BCUT2D eigenvalue weighted by Crippen LogP contribution is -2.33. The van der Waals surface area contributed by atoms with Crippen LogP contribution >= 0.6 is 0 Å². The van der Waals surface area contributed by atoms with Gasteiger partial charge in [0.25, 0.3) is 5.69 Å². The number of rotatable bonds is 8. The van der Waals surface area contributed by atoms with Crippen LogP contribution in [-0.4, -0.2) is 30.3 Å². The summed E-state index contributed by atoms with van der Waals surface area (Å²) in [4.78, 5) is 21.5. The van der Waals surface area contributed by atoms with Gasteiger partial charge in [0.15, 0.2) is 0 Å². The molecule has 2 aromatic rings. The maximum atomic E-state index is 11.2. The highest BCUT2D eigenvalue weighted by Gasteiger charge is 2.09. The van der Waals surface area contributed by atoms with Gasteiger partial charge in [-0.05, 0) is 44.2 Å². The number of hydrogen-bond donors (Lipinski definition) is 1. The summed E-state index contributed by atoms with van der Waals surface area (Å²) in [6.45, 7) is 4.17. The number of hydrogen-bond acceptors (Lipinski definition) is 6. The Bertz CT molecular complexity index is 748. The van der Waals surface area contributed by atoms with Crippen LogP contribution in [0.15, 0.2) is 48.5 Å². The van der Waals surface area contributed by atoms with Crippen LogP contribution in [-0.2, 0) is 4.74 Å². The molecule has 0 heterocycles. The van der Waals surface area contributed by atoms with Gasteiger partial charge in [0.1, 0.15) is 23.4 Å². The molecule has 0 spiro atoms. The first-order valence-electron chi connectivity index (χ1n) is 8.07. The fraction of sp³-hybridized carbons (Fsp3) is 0.278. The average Bonchev–Trinajstić information content (AvgIpc) is 2.62. The van der Waals surface area contributed by atoms with Gasteiger partial charge in [-0.3, -0.25) is 10.1 Å². The van der Waals surface area contributed by atoms with Crippen LogP contribution in [0.1, 0.15) is 13.8 Å². The van der Waals surface area contributed by atoms with E-state index in [0.717, 1.165) is 0 Å². The van der Waals surface area contributed by atoms with E-state index in [1.165, 1.54) is 12.1 Å². The molecule has 1 unspecified atom stereocenters. The van der Waals surface area contributed by atoms with Gasteiger partial charge >= 0.3 is 6.09 Å². The van der Waals surface area contributed by atoms with Crippen LogP contribution in [0.5, 0.6) is 17.2 Å². The van der Waals surface area contributed by atoms with Crippen LogP contribution < -0.4 is 14.8 Å². The van der Waals surface area contributed by atoms with E-state index in [9.17, 15) is 14.9 Å². The van der Waals surface area contributed by atoms with Crippen molar-refractivity contribution < 1.29 is 23.9 Å². The third-order valence-electron chi connectivity index (χ3n) is 3.23. The quantitative estimate of drug-likeness (QED) is 0.566. The molecule has 0 aliphatic rings. The lowest BCUT2D eigenvalue weighted by atomic mass is 10.3. The molecule has 1 amide bonds. The maximum absolute atomic E-state index is 11.2. The Labute approximate surface area is 150 Å². The number of carbonyl (C=O) groups excluding carboxylic acids is 1. The second-order valence-electron chi connectivity index (χ2n) is 5.36. The lowest BCUT2D eigenvalue weighted by Gasteiger charge is -2.15. The SMILES string of the molecule is CCOC(=O)NCC(C)Oc1ccc(Oc2cccc([N+](=O)[O-])c2)cc1. The number of nitrogens with one attached hydrogen (secondary N) is 1. The van der Waals surface area contributed by atoms with Crippen LogP contribution in [0.3, 0.4) is 0 Å². The molecule has 0 aromatic heterocycles. The topological polar surface area (TPSA) is 99.9 Å². The van der Waals surface area contributed by atoms with Crippen molar-refractivity contribution in [1.29, 1.82) is 0 Å². The highest BCUT2D eigenvalue weighted by atomic mass is 16.6. The van der Waals surface area contributed by atoms with Gasteiger partial charge < -0.3 is 19.5 Å². The molecule has 8 heteroatoms. The molecule has 0 aliphatic heterocycles. The Morgan fingerprint density at radius 2 is 1.85 bits per heavy atom. The van der Waals surface area contributed by atoms with Crippen molar-refractivity contribution >= 4 is 11.8 Å². The first-order chi connectivity index (χ1) is 12.5. The molecule has 0 bridgehead atoms. The van der Waals surface area contributed by atoms with Gasteiger partial charge in [-0.15, -0.1) is 0 Å². The maximum Gasteiger partial charge on any atom is 0.407 e. The monoisotopic (exact) mass is 360 g/mol. The van der Waals surface area contributed by atoms with E-state index in [4.69, 9.17) is 14.2 Å². The minimum absolute atomic E-state index is 0.0367. The van der Waals surface area contributed by atoms with Gasteiger partial charge in [-0.1, -0.05) is 6.07 Å². The van der Waals surface area contributed by atoms with Gasteiger partial charge in [-0.25, -0.2) is 4.79 Å². The number of ether oxygens (including phenoxy) is 3. The van der Waals surface area contributed by atoms with Crippen molar-refractivity contribution in [2.45, 2.75) is 20.0 Å². The molecule has 138 valence electrons. The molecule has 0 saturated carbocycles. The van der Waals surface area contributed by atoms with Crippen molar-refractivity contribution in [1.82, 2.24) is 5.32 Å². The number of alkyl carbamates (subject to hydrolysis) is 1. The number of carbonyl (C=O) groups is 1. The summed E-state index contributed by atoms with van der Waals surface area (Å²) < 4.78 is 16.1. The molecule has 0 aliphatic carbocycles. The van der Waals surface area contributed by atoms with Crippen molar-refractivity contribution in [2.75, 3.05) is 13.2 Å². The summed E-state index contributed by atoms with van der Waals surface area (Å²) in [5.41, 5.74) is -0.0367. The van der Waals surface area contributed by atoms with E-state index in [1.807, 2.05) is 6.92 Å². The zero-order chi connectivity index (χ0) is 18.9. The Morgan fingerprint density at radius 1 is 1.15 bits per heavy atom. The fourth-order valence-corrected chi connectivity index (χ4v) is 2.07. The van der Waals surface area contributed by atoms with E-state index < -0.39 is 11.0 Å². The van der Waals surface area contributed by atoms with Crippen molar-refractivity contribution in [3.05, 3.63) is 58.6 Å². The molecule has 0 saturated heterocycles. The summed E-state index contributed by atoms with van der Waals surface area (Å²) >= 11 is 0. The third kappa shape index (κ3) is 5.97. The molecular formula is C18H20N2O6. The van der Waals surface area contributed by atoms with Gasteiger partial charge in [0.05, 0.1) is 24.1 Å². The van der Waals surface area contributed by atoms with Gasteiger partial charge in [0.2, 0.25) is 0 Å². The van der Waals surface area contributed by atoms with Gasteiger partial charge in [-0.2, -0.15) is 0 Å². The Kier molecular flexibility index (Phi) is 6.78. The minimum Gasteiger partial charge on any atom is -0.489 e. The predicted molar refractivity (Wildman–Crippen MR) is 94.7 cm³/mol.